The van der Waals surface area contributed by atoms with Crippen LogP contribution in [-0.4, -0.2) is 99.6 Å². The number of nitrogens with one attached hydrogen (secondary N) is 1. The van der Waals surface area contributed by atoms with E-state index in [0.717, 1.165) is 70.6 Å². The number of carbonyl (C=O) groups excluding carboxylic acids is 2. The normalized spacial score (nSPS) is 19.4. The van der Waals surface area contributed by atoms with Crippen molar-refractivity contribution in [3.05, 3.63) is 24.3 Å². The van der Waals surface area contributed by atoms with Crippen LogP contribution in [0.4, 0.5) is 0 Å². The Hall–Kier alpha value is -1.86. The number of hydrogen-bond donors (Lipinski definition) is 6. The van der Waals surface area contributed by atoms with Gasteiger partial charge in [-0.05, 0) is 51.4 Å². The van der Waals surface area contributed by atoms with Crippen LogP contribution in [0.15, 0.2) is 24.3 Å². The number of ether oxygens (including phenoxy) is 3. The molecule has 1 heterocycles. The summed E-state index contributed by atoms with van der Waals surface area (Å²) in [4.78, 5) is 26.5. The number of allylic oxidation sites excluding steroid dienone is 3. The van der Waals surface area contributed by atoms with Crippen molar-refractivity contribution in [1.82, 2.24) is 5.32 Å². The number of hydrogen-bond acceptors (Lipinski definition) is 10. The van der Waals surface area contributed by atoms with Crippen LogP contribution >= 0.6 is 0 Å². The minimum atomic E-state index is -1.61. The van der Waals surface area contributed by atoms with Gasteiger partial charge in [-0.15, -0.1) is 0 Å². The van der Waals surface area contributed by atoms with Gasteiger partial charge in [0.15, 0.2) is 12.4 Å². The molecule has 11 nitrogen and oxygen atoms in total. The standard InChI is InChI=1S/C63H119NO10/c1-4-7-10-13-16-19-22-25-27-28-29-31-32-35-38-41-44-47-50-56(67)62(71)64-54(55(66)49-46-43-40-37-34-24-21-18-15-12-9-6-3)53-72-63-61(60(70)59(69)57(52-65)73-63)74-58(68)51-48-45-42-39-36-33-30-26-23-20-17-14-11-8-5-2/h20,23,46,49,54-57,59-61,63,65-67,69-70H,4-19,21-22,24-45,47-48,50-53H2,1-3H3,(H,64,71)/b23-20-,49-46+. The maximum Gasteiger partial charge on any atom is 0.306 e. The third-order valence-corrected chi connectivity index (χ3v) is 15.1. The van der Waals surface area contributed by atoms with Gasteiger partial charge in [-0.1, -0.05) is 270 Å². The summed E-state index contributed by atoms with van der Waals surface area (Å²) in [6.45, 7) is 5.80. The Kier molecular flexibility index (Phi) is 49.2. The minimum absolute atomic E-state index is 0.122. The molecule has 0 aromatic carbocycles. The lowest BCUT2D eigenvalue weighted by Crippen LogP contribution is -2.61. The Balaban J connectivity index is 2.66. The van der Waals surface area contributed by atoms with E-state index < -0.39 is 67.4 Å². The maximum absolute atomic E-state index is 13.4. The van der Waals surface area contributed by atoms with Crippen molar-refractivity contribution in [3.63, 3.8) is 0 Å². The molecule has 0 aromatic heterocycles. The number of carbonyl (C=O) groups is 2. The average molecular weight is 1050 g/mol. The molecule has 436 valence electrons. The summed E-state index contributed by atoms with van der Waals surface area (Å²) in [7, 11) is 0. The third-order valence-electron chi connectivity index (χ3n) is 15.1. The van der Waals surface area contributed by atoms with Crippen molar-refractivity contribution in [2.24, 2.45) is 0 Å². The predicted octanol–water partition coefficient (Wildman–Crippen LogP) is 14.9. The smallest absolute Gasteiger partial charge is 0.306 e. The highest BCUT2D eigenvalue weighted by atomic mass is 16.7. The molecule has 8 unspecified atom stereocenters. The highest BCUT2D eigenvalue weighted by Gasteiger charge is 2.47. The van der Waals surface area contributed by atoms with Gasteiger partial charge >= 0.3 is 5.97 Å². The zero-order chi connectivity index (χ0) is 54.0. The SMILES string of the molecule is CCCCCC/C=C\CCCCCCCCCC(=O)OC1C(OCC(NC(=O)C(O)CCCCCCCCCCCCCCCCCCCC)C(O)/C=C/CCCCCCCCCCCC)OC(CO)C(O)C1O. The van der Waals surface area contributed by atoms with Crippen LogP contribution in [0.5, 0.6) is 0 Å². The van der Waals surface area contributed by atoms with Crippen molar-refractivity contribution in [2.75, 3.05) is 13.2 Å². The second kappa shape index (κ2) is 51.9. The Bertz CT molecular complexity index is 1300. The van der Waals surface area contributed by atoms with Crippen molar-refractivity contribution in [3.8, 4) is 0 Å². The molecule has 8 atom stereocenters. The summed E-state index contributed by atoms with van der Waals surface area (Å²) >= 11 is 0. The average Bonchev–Trinajstić information content (AvgIpc) is 3.40. The summed E-state index contributed by atoms with van der Waals surface area (Å²) in [6, 6.07) is -1.02. The Morgan fingerprint density at radius 1 is 0.514 bits per heavy atom. The lowest BCUT2D eigenvalue weighted by Gasteiger charge is -2.41. The molecule has 1 aliphatic heterocycles. The fourth-order valence-electron chi connectivity index (χ4n) is 10.1. The molecule has 0 bridgehead atoms. The first-order valence-electron chi connectivity index (χ1n) is 31.6. The van der Waals surface area contributed by atoms with Crippen molar-refractivity contribution >= 4 is 11.9 Å². The molecule has 11 heteroatoms. The first kappa shape index (κ1) is 70.2. The van der Waals surface area contributed by atoms with E-state index in [9.17, 15) is 35.1 Å². The van der Waals surface area contributed by atoms with E-state index in [0.29, 0.717) is 19.3 Å². The number of aliphatic hydroxyl groups is 5. The highest BCUT2D eigenvalue weighted by molar-refractivity contribution is 5.80. The van der Waals surface area contributed by atoms with Crippen molar-refractivity contribution in [1.29, 1.82) is 0 Å². The summed E-state index contributed by atoms with van der Waals surface area (Å²) in [5.74, 6) is -1.19. The quantitative estimate of drug-likeness (QED) is 0.0195. The first-order valence-corrected chi connectivity index (χ1v) is 31.6. The molecule has 0 radical (unpaired) electrons. The van der Waals surface area contributed by atoms with Gasteiger partial charge in [0.25, 0.3) is 0 Å². The van der Waals surface area contributed by atoms with E-state index in [-0.39, 0.29) is 13.0 Å². The minimum Gasteiger partial charge on any atom is -0.454 e. The number of amides is 1. The van der Waals surface area contributed by atoms with Crippen molar-refractivity contribution < 1.29 is 49.3 Å². The molecule has 1 amide bonds. The van der Waals surface area contributed by atoms with Gasteiger partial charge in [-0.25, -0.2) is 0 Å². The van der Waals surface area contributed by atoms with E-state index in [1.807, 2.05) is 6.08 Å². The van der Waals surface area contributed by atoms with Crippen LogP contribution < -0.4 is 5.32 Å². The van der Waals surface area contributed by atoms with E-state index in [2.05, 4.69) is 38.2 Å². The molecule has 0 spiro atoms. The summed E-state index contributed by atoms with van der Waals surface area (Å²) in [5, 5.41) is 57.0. The predicted molar refractivity (Wildman–Crippen MR) is 306 cm³/mol. The van der Waals surface area contributed by atoms with Gasteiger partial charge in [-0.2, -0.15) is 0 Å². The number of aliphatic hydroxyl groups excluding tert-OH is 5. The molecule has 1 rings (SSSR count). The Morgan fingerprint density at radius 2 is 0.892 bits per heavy atom. The van der Waals surface area contributed by atoms with Crippen LogP contribution in [0.25, 0.3) is 0 Å². The monoisotopic (exact) mass is 1050 g/mol. The van der Waals surface area contributed by atoms with E-state index in [1.165, 1.54) is 186 Å². The first-order chi connectivity index (χ1) is 36.2. The molecule has 0 aliphatic carbocycles. The molecule has 6 N–H and O–H groups in total. The summed E-state index contributed by atoms with van der Waals surface area (Å²) in [5.41, 5.74) is 0. The van der Waals surface area contributed by atoms with Gasteiger partial charge in [-0.3, -0.25) is 9.59 Å². The molecule has 0 saturated carbocycles. The van der Waals surface area contributed by atoms with Gasteiger partial charge in [0.05, 0.1) is 25.4 Å². The van der Waals surface area contributed by atoms with Crippen LogP contribution in [0, 0.1) is 0 Å². The van der Waals surface area contributed by atoms with Crippen LogP contribution in [0.1, 0.15) is 303 Å². The lowest BCUT2D eigenvalue weighted by molar-refractivity contribution is -0.305. The zero-order valence-electron chi connectivity index (χ0n) is 48.2. The maximum atomic E-state index is 13.4. The van der Waals surface area contributed by atoms with Gasteiger partial charge in [0.2, 0.25) is 5.91 Å². The van der Waals surface area contributed by atoms with E-state index >= 15 is 0 Å². The molecule has 74 heavy (non-hydrogen) atoms. The van der Waals surface area contributed by atoms with E-state index in [1.54, 1.807) is 6.08 Å². The van der Waals surface area contributed by atoms with Gasteiger partial charge in [0.1, 0.15) is 24.4 Å². The van der Waals surface area contributed by atoms with Gasteiger partial charge < -0.3 is 45.1 Å². The number of unbranched alkanes of at least 4 members (excludes halogenated alkanes) is 38. The second-order valence-corrected chi connectivity index (χ2v) is 22.1. The summed E-state index contributed by atoms with van der Waals surface area (Å²) in [6.07, 6.45) is 49.3. The second-order valence-electron chi connectivity index (χ2n) is 22.1. The molecular formula is C63H119NO10. The lowest BCUT2D eigenvalue weighted by atomic mass is 9.99. The van der Waals surface area contributed by atoms with Crippen LogP contribution in [0.3, 0.4) is 0 Å². The van der Waals surface area contributed by atoms with Gasteiger partial charge in [0, 0.05) is 6.42 Å². The van der Waals surface area contributed by atoms with Crippen LogP contribution in [0.2, 0.25) is 0 Å². The number of esters is 1. The molecule has 0 aromatic rings. The topological polar surface area (TPSA) is 175 Å². The molecule has 1 saturated heterocycles. The molecule has 1 aliphatic rings. The third kappa shape index (κ3) is 39.5. The van der Waals surface area contributed by atoms with Crippen molar-refractivity contribution in [2.45, 2.75) is 352 Å². The molecule has 1 fully saturated rings. The largest absolute Gasteiger partial charge is 0.454 e. The summed E-state index contributed by atoms with van der Waals surface area (Å²) < 4.78 is 17.6. The highest BCUT2D eigenvalue weighted by Crippen LogP contribution is 2.26. The zero-order valence-corrected chi connectivity index (χ0v) is 48.2. The Morgan fingerprint density at radius 3 is 1.32 bits per heavy atom. The molecular weight excluding hydrogens is 931 g/mol. The van der Waals surface area contributed by atoms with E-state index in [4.69, 9.17) is 14.2 Å². The van der Waals surface area contributed by atoms with Crippen LogP contribution in [-0.2, 0) is 23.8 Å². The fraction of sp³-hybridized carbons (Fsp3) is 0.905. The number of rotatable bonds is 54. The Labute approximate surface area is 454 Å². The fourth-order valence-corrected chi connectivity index (χ4v) is 10.1.